The molecule has 4 nitrogen and oxygen atoms in total. The van der Waals surface area contributed by atoms with Gasteiger partial charge >= 0.3 is 0 Å². The van der Waals surface area contributed by atoms with E-state index in [9.17, 15) is 4.79 Å². The number of piperidine rings is 1. The zero-order valence-corrected chi connectivity index (χ0v) is 10.5. The second kappa shape index (κ2) is 5.36. The van der Waals surface area contributed by atoms with E-state index in [1.54, 1.807) is 11.2 Å². The molecule has 1 atom stereocenters. The fraction of sp³-hybridized carbons (Fsp3) is 0.615. The van der Waals surface area contributed by atoms with Crippen LogP contribution in [0.3, 0.4) is 0 Å². The number of carbonyl (C=O) groups excluding carboxylic acids is 1. The van der Waals surface area contributed by atoms with Gasteiger partial charge in [-0.3, -0.25) is 4.79 Å². The molecule has 2 rings (SSSR count). The number of nitrogens with one attached hydrogen (secondary N) is 1. The van der Waals surface area contributed by atoms with Crippen molar-refractivity contribution in [3.8, 4) is 0 Å². The Labute approximate surface area is 102 Å². The first-order valence-electron chi connectivity index (χ1n) is 6.21. The zero-order chi connectivity index (χ0) is 12.3. The average Bonchev–Trinajstić information content (AvgIpc) is 2.91. The predicted molar refractivity (Wildman–Crippen MR) is 65.5 cm³/mol. The molecule has 1 aliphatic rings. The molecule has 1 saturated heterocycles. The van der Waals surface area contributed by atoms with Gasteiger partial charge in [0.1, 0.15) is 5.76 Å². The molecule has 0 aromatic carbocycles. The number of furan rings is 1. The SMILES string of the molecule is CC(c1ccco1)N(C)C(=O)C1CCNCC1. The number of hydrogen-bond donors (Lipinski definition) is 1. The summed E-state index contributed by atoms with van der Waals surface area (Å²) in [5, 5.41) is 3.28. The summed E-state index contributed by atoms with van der Waals surface area (Å²) < 4.78 is 5.35. The molecule has 1 aliphatic heterocycles. The Balaban J connectivity index is 1.98. The van der Waals surface area contributed by atoms with E-state index in [4.69, 9.17) is 4.42 Å². The number of carbonyl (C=O) groups is 1. The number of hydrogen-bond acceptors (Lipinski definition) is 3. The molecule has 1 N–H and O–H groups in total. The second-order valence-electron chi connectivity index (χ2n) is 4.66. The van der Waals surface area contributed by atoms with Crippen molar-refractivity contribution in [2.75, 3.05) is 20.1 Å². The average molecular weight is 236 g/mol. The van der Waals surface area contributed by atoms with Crippen molar-refractivity contribution in [2.45, 2.75) is 25.8 Å². The fourth-order valence-corrected chi connectivity index (χ4v) is 2.27. The van der Waals surface area contributed by atoms with Crippen molar-refractivity contribution >= 4 is 5.91 Å². The summed E-state index contributed by atoms with van der Waals surface area (Å²) in [5.74, 6) is 1.24. The van der Waals surface area contributed by atoms with Crippen LogP contribution >= 0.6 is 0 Å². The molecule has 17 heavy (non-hydrogen) atoms. The lowest BCUT2D eigenvalue weighted by Gasteiger charge is -2.30. The lowest BCUT2D eigenvalue weighted by molar-refractivity contribution is -0.137. The Morgan fingerprint density at radius 2 is 2.24 bits per heavy atom. The number of amides is 1. The Hall–Kier alpha value is -1.29. The first-order valence-corrected chi connectivity index (χ1v) is 6.21. The molecule has 0 saturated carbocycles. The Morgan fingerprint density at radius 3 is 2.82 bits per heavy atom. The van der Waals surface area contributed by atoms with Crippen LogP contribution in [0.4, 0.5) is 0 Å². The minimum Gasteiger partial charge on any atom is -0.467 e. The van der Waals surface area contributed by atoms with Gasteiger partial charge in [-0.05, 0) is 45.0 Å². The summed E-state index contributed by atoms with van der Waals surface area (Å²) in [6, 6.07) is 3.78. The van der Waals surface area contributed by atoms with Gasteiger partial charge in [-0.25, -0.2) is 0 Å². The largest absolute Gasteiger partial charge is 0.467 e. The second-order valence-corrected chi connectivity index (χ2v) is 4.66. The lowest BCUT2D eigenvalue weighted by atomic mass is 9.96. The van der Waals surface area contributed by atoms with Gasteiger partial charge in [0, 0.05) is 13.0 Å². The third-order valence-electron chi connectivity index (χ3n) is 3.57. The van der Waals surface area contributed by atoms with Gasteiger partial charge in [0.15, 0.2) is 0 Å². The Bertz CT molecular complexity index is 356. The van der Waals surface area contributed by atoms with Crippen LogP contribution in [0, 0.1) is 5.92 Å². The first kappa shape index (κ1) is 12.2. The zero-order valence-electron chi connectivity index (χ0n) is 10.5. The van der Waals surface area contributed by atoms with Crippen molar-refractivity contribution in [3.05, 3.63) is 24.2 Å². The Kier molecular flexibility index (Phi) is 3.84. The fourth-order valence-electron chi connectivity index (χ4n) is 2.27. The molecule has 1 unspecified atom stereocenters. The summed E-state index contributed by atoms with van der Waals surface area (Å²) in [5.41, 5.74) is 0. The van der Waals surface area contributed by atoms with Gasteiger partial charge in [-0.1, -0.05) is 0 Å². The third kappa shape index (κ3) is 2.69. The van der Waals surface area contributed by atoms with Gasteiger partial charge in [0.05, 0.1) is 12.3 Å². The minimum atomic E-state index is 0.00684. The van der Waals surface area contributed by atoms with Gasteiger partial charge in [0.25, 0.3) is 0 Å². The maximum Gasteiger partial charge on any atom is 0.226 e. The highest BCUT2D eigenvalue weighted by Crippen LogP contribution is 2.23. The number of nitrogens with zero attached hydrogens (tertiary/aromatic N) is 1. The highest BCUT2D eigenvalue weighted by molar-refractivity contribution is 5.79. The van der Waals surface area contributed by atoms with Crippen LogP contribution < -0.4 is 5.32 Å². The molecule has 1 aromatic heterocycles. The summed E-state index contributed by atoms with van der Waals surface area (Å²) in [7, 11) is 1.86. The normalized spacial score (nSPS) is 18.9. The summed E-state index contributed by atoms with van der Waals surface area (Å²) in [6.07, 6.45) is 3.52. The van der Waals surface area contributed by atoms with Crippen molar-refractivity contribution in [3.63, 3.8) is 0 Å². The maximum absolute atomic E-state index is 12.3. The van der Waals surface area contributed by atoms with E-state index < -0.39 is 0 Å². The van der Waals surface area contributed by atoms with Crippen LogP contribution in [-0.2, 0) is 4.79 Å². The summed E-state index contributed by atoms with van der Waals surface area (Å²) >= 11 is 0. The Morgan fingerprint density at radius 1 is 1.53 bits per heavy atom. The van der Waals surface area contributed by atoms with Crippen LogP contribution in [-0.4, -0.2) is 30.9 Å². The van der Waals surface area contributed by atoms with Gasteiger partial charge in [-0.15, -0.1) is 0 Å². The third-order valence-corrected chi connectivity index (χ3v) is 3.57. The van der Waals surface area contributed by atoms with E-state index in [-0.39, 0.29) is 17.9 Å². The van der Waals surface area contributed by atoms with Crippen molar-refractivity contribution in [1.29, 1.82) is 0 Å². The lowest BCUT2D eigenvalue weighted by Crippen LogP contribution is -2.40. The predicted octanol–water partition coefficient (Wildman–Crippen LogP) is 1.80. The summed E-state index contributed by atoms with van der Waals surface area (Å²) in [4.78, 5) is 14.1. The van der Waals surface area contributed by atoms with Crippen LogP contribution in [0.5, 0.6) is 0 Å². The molecule has 1 aromatic rings. The highest BCUT2D eigenvalue weighted by Gasteiger charge is 2.27. The van der Waals surface area contributed by atoms with E-state index >= 15 is 0 Å². The van der Waals surface area contributed by atoms with Gasteiger partial charge in [-0.2, -0.15) is 0 Å². The molecule has 1 fully saturated rings. The van der Waals surface area contributed by atoms with Crippen molar-refractivity contribution in [1.82, 2.24) is 10.2 Å². The van der Waals surface area contributed by atoms with Gasteiger partial charge in [0.2, 0.25) is 5.91 Å². The highest BCUT2D eigenvalue weighted by atomic mass is 16.3. The van der Waals surface area contributed by atoms with E-state index in [2.05, 4.69) is 5.32 Å². The molecule has 94 valence electrons. The van der Waals surface area contributed by atoms with Crippen LogP contribution in [0.1, 0.15) is 31.6 Å². The topological polar surface area (TPSA) is 45.5 Å². The van der Waals surface area contributed by atoms with Crippen molar-refractivity contribution < 1.29 is 9.21 Å². The van der Waals surface area contributed by atoms with E-state index in [0.717, 1.165) is 31.7 Å². The molecular weight excluding hydrogens is 216 g/mol. The van der Waals surface area contributed by atoms with Crippen LogP contribution in [0.25, 0.3) is 0 Å². The first-order chi connectivity index (χ1) is 8.20. The summed E-state index contributed by atoms with van der Waals surface area (Å²) in [6.45, 7) is 3.89. The molecule has 1 amide bonds. The molecular formula is C13H20N2O2. The van der Waals surface area contributed by atoms with E-state index in [1.165, 1.54) is 0 Å². The molecule has 4 heteroatoms. The molecule has 2 heterocycles. The van der Waals surface area contributed by atoms with Crippen molar-refractivity contribution in [2.24, 2.45) is 5.92 Å². The standard InChI is InChI=1S/C13H20N2O2/c1-10(12-4-3-9-17-12)15(2)13(16)11-5-7-14-8-6-11/h3-4,9-11,14H,5-8H2,1-2H3. The minimum absolute atomic E-state index is 0.00684. The quantitative estimate of drug-likeness (QED) is 0.870. The molecule has 0 radical (unpaired) electrons. The monoisotopic (exact) mass is 236 g/mol. The van der Waals surface area contributed by atoms with Crippen LogP contribution in [0.2, 0.25) is 0 Å². The maximum atomic E-state index is 12.3. The van der Waals surface area contributed by atoms with E-state index in [0.29, 0.717) is 0 Å². The smallest absolute Gasteiger partial charge is 0.226 e. The van der Waals surface area contributed by atoms with Crippen LogP contribution in [0.15, 0.2) is 22.8 Å². The molecule has 0 bridgehead atoms. The number of rotatable bonds is 3. The van der Waals surface area contributed by atoms with Gasteiger partial charge < -0.3 is 14.6 Å². The van der Waals surface area contributed by atoms with E-state index in [1.807, 2.05) is 26.1 Å². The molecule has 0 aliphatic carbocycles. The molecule has 0 spiro atoms.